The van der Waals surface area contributed by atoms with Crippen LogP contribution in [-0.4, -0.2) is 37.1 Å². The molecule has 1 aliphatic rings. The van der Waals surface area contributed by atoms with Crippen molar-refractivity contribution in [1.29, 1.82) is 0 Å². The zero-order chi connectivity index (χ0) is 14.2. The van der Waals surface area contributed by atoms with Crippen LogP contribution < -0.4 is 15.8 Å². The largest absolute Gasteiger partial charge is 0.492 e. The molecular formula is C15H22N4O. The van der Waals surface area contributed by atoms with Crippen LogP contribution in [0.1, 0.15) is 12.8 Å². The van der Waals surface area contributed by atoms with Gasteiger partial charge >= 0.3 is 0 Å². The highest BCUT2D eigenvalue weighted by Gasteiger charge is 2.10. The van der Waals surface area contributed by atoms with Crippen molar-refractivity contribution < 1.29 is 4.74 Å². The second-order valence-electron chi connectivity index (χ2n) is 4.74. The lowest BCUT2D eigenvalue weighted by atomic mass is 10.3. The highest BCUT2D eigenvalue weighted by molar-refractivity contribution is 5.92. The number of anilines is 1. The average Bonchev–Trinajstić information content (AvgIpc) is 2.94. The van der Waals surface area contributed by atoms with Gasteiger partial charge in [0.15, 0.2) is 5.96 Å². The highest BCUT2D eigenvalue weighted by Crippen LogP contribution is 2.15. The Morgan fingerprint density at radius 2 is 2.05 bits per heavy atom. The number of nitrogens with one attached hydrogen (secondary N) is 1. The molecule has 0 saturated carbocycles. The Labute approximate surface area is 120 Å². The summed E-state index contributed by atoms with van der Waals surface area (Å²) in [5.74, 6) is 1.19. The van der Waals surface area contributed by atoms with Crippen LogP contribution in [0.2, 0.25) is 0 Å². The highest BCUT2D eigenvalue weighted by atomic mass is 16.5. The number of aliphatic imine (C=N–C) groups is 1. The summed E-state index contributed by atoms with van der Waals surface area (Å²) in [4.78, 5) is 6.28. The predicted molar refractivity (Wildman–Crippen MR) is 83.1 cm³/mol. The minimum Gasteiger partial charge on any atom is -0.492 e. The first-order valence-corrected chi connectivity index (χ1v) is 6.94. The van der Waals surface area contributed by atoms with Gasteiger partial charge in [-0.3, -0.25) is 4.90 Å². The van der Waals surface area contributed by atoms with E-state index in [0.717, 1.165) is 24.6 Å². The fraction of sp³-hybridized carbons (Fsp3) is 0.400. The van der Waals surface area contributed by atoms with Crippen LogP contribution in [0.4, 0.5) is 5.69 Å². The van der Waals surface area contributed by atoms with E-state index < -0.39 is 0 Å². The van der Waals surface area contributed by atoms with Crippen molar-refractivity contribution >= 4 is 11.6 Å². The first kappa shape index (κ1) is 14.4. The molecule has 20 heavy (non-hydrogen) atoms. The van der Waals surface area contributed by atoms with Gasteiger partial charge < -0.3 is 15.8 Å². The Bertz CT molecular complexity index is 449. The Kier molecular flexibility index (Phi) is 5.43. The zero-order valence-electron chi connectivity index (χ0n) is 11.7. The van der Waals surface area contributed by atoms with E-state index in [2.05, 4.69) is 21.8 Å². The van der Waals surface area contributed by atoms with Crippen molar-refractivity contribution in [3.05, 3.63) is 37.0 Å². The summed E-state index contributed by atoms with van der Waals surface area (Å²) in [5.41, 5.74) is 6.51. The first-order chi connectivity index (χ1) is 9.78. The van der Waals surface area contributed by atoms with Gasteiger partial charge in [-0.05, 0) is 50.2 Å². The minimum atomic E-state index is 0.322. The molecule has 1 aromatic rings. The van der Waals surface area contributed by atoms with Crippen LogP contribution in [0.3, 0.4) is 0 Å². The van der Waals surface area contributed by atoms with E-state index in [4.69, 9.17) is 10.5 Å². The summed E-state index contributed by atoms with van der Waals surface area (Å²) in [5, 5.41) is 2.96. The van der Waals surface area contributed by atoms with E-state index in [1.165, 1.54) is 32.1 Å². The molecular weight excluding hydrogens is 252 g/mol. The molecule has 1 fully saturated rings. The molecule has 0 radical (unpaired) electrons. The normalized spacial score (nSPS) is 16.1. The van der Waals surface area contributed by atoms with Crippen LogP contribution in [0.15, 0.2) is 42.0 Å². The first-order valence-electron chi connectivity index (χ1n) is 6.94. The number of benzene rings is 1. The number of ether oxygens (including phenoxy) is 1. The molecule has 1 aromatic carbocycles. The maximum Gasteiger partial charge on any atom is 0.197 e. The van der Waals surface area contributed by atoms with E-state index in [9.17, 15) is 0 Å². The van der Waals surface area contributed by atoms with Crippen LogP contribution in [-0.2, 0) is 0 Å². The van der Waals surface area contributed by atoms with E-state index in [-0.39, 0.29) is 0 Å². The van der Waals surface area contributed by atoms with Gasteiger partial charge in [-0.1, -0.05) is 6.58 Å². The van der Waals surface area contributed by atoms with Gasteiger partial charge in [0.1, 0.15) is 12.4 Å². The Morgan fingerprint density at radius 1 is 1.35 bits per heavy atom. The minimum absolute atomic E-state index is 0.322. The van der Waals surface area contributed by atoms with Crippen molar-refractivity contribution in [2.75, 3.05) is 31.6 Å². The molecule has 0 aliphatic carbocycles. The second kappa shape index (κ2) is 7.55. The van der Waals surface area contributed by atoms with E-state index in [0.29, 0.717) is 5.96 Å². The molecule has 5 heteroatoms. The predicted octanol–water partition coefficient (Wildman–Crippen LogP) is 2.03. The molecule has 0 atom stereocenters. The monoisotopic (exact) mass is 274 g/mol. The van der Waals surface area contributed by atoms with Gasteiger partial charge in [-0.2, -0.15) is 0 Å². The number of likely N-dealkylation sites (tertiary alicyclic amines) is 1. The van der Waals surface area contributed by atoms with Crippen molar-refractivity contribution in [1.82, 2.24) is 4.90 Å². The van der Waals surface area contributed by atoms with E-state index in [1.54, 1.807) is 0 Å². The van der Waals surface area contributed by atoms with Gasteiger partial charge in [0.05, 0.1) is 0 Å². The summed E-state index contributed by atoms with van der Waals surface area (Å²) in [6.07, 6.45) is 4.03. The molecule has 0 unspecified atom stereocenters. The van der Waals surface area contributed by atoms with Crippen molar-refractivity contribution in [2.24, 2.45) is 10.7 Å². The van der Waals surface area contributed by atoms with Crippen LogP contribution in [0.5, 0.6) is 5.75 Å². The molecule has 0 bridgehead atoms. The number of guanidine groups is 1. The number of nitrogens with zero attached hydrogens (tertiary/aromatic N) is 2. The van der Waals surface area contributed by atoms with Crippen LogP contribution in [0.25, 0.3) is 0 Å². The lowest BCUT2D eigenvalue weighted by Gasteiger charge is -2.15. The van der Waals surface area contributed by atoms with Gasteiger partial charge in [0.25, 0.3) is 0 Å². The lowest BCUT2D eigenvalue weighted by molar-refractivity contribution is 0.238. The molecule has 1 aliphatic heterocycles. The van der Waals surface area contributed by atoms with E-state index in [1.807, 2.05) is 24.3 Å². The number of nitrogens with two attached hydrogens (primary N) is 1. The third-order valence-electron chi connectivity index (χ3n) is 3.23. The zero-order valence-corrected chi connectivity index (χ0v) is 11.7. The van der Waals surface area contributed by atoms with Gasteiger partial charge in [0.2, 0.25) is 0 Å². The summed E-state index contributed by atoms with van der Waals surface area (Å²) < 4.78 is 5.73. The molecule has 3 N–H and O–H groups in total. The molecule has 1 saturated heterocycles. The Hall–Kier alpha value is -2.01. The second-order valence-corrected chi connectivity index (χ2v) is 4.74. The quantitative estimate of drug-likeness (QED) is 0.615. The Morgan fingerprint density at radius 3 is 2.70 bits per heavy atom. The van der Waals surface area contributed by atoms with Crippen molar-refractivity contribution in [2.45, 2.75) is 12.8 Å². The molecule has 0 amide bonds. The third-order valence-corrected chi connectivity index (χ3v) is 3.23. The standard InChI is InChI=1S/C15H22N4O/c1-2-17-15(16)18-13-5-7-14(8-6-13)20-12-11-19-9-3-4-10-19/h2,5-8H,1,3-4,9-12H2,(H3,16,17,18). The average molecular weight is 274 g/mol. The molecule has 2 rings (SSSR count). The van der Waals surface area contributed by atoms with Gasteiger partial charge in [-0.15, -0.1) is 0 Å². The topological polar surface area (TPSA) is 62.9 Å². The molecule has 5 nitrogen and oxygen atoms in total. The fourth-order valence-electron chi connectivity index (χ4n) is 2.21. The van der Waals surface area contributed by atoms with Crippen LogP contribution in [0, 0.1) is 0 Å². The van der Waals surface area contributed by atoms with Gasteiger partial charge in [0, 0.05) is 18.4 Å². The fourth-order valence-corrected chi connectivity index (χ4v) is 2.21. The lowest BCUT2D eigenvalue weighted by Crippen LogP contribution is -2.25. The van der Waals surface area contributed by atoms with Crippen LogP contribution >= 0.6 is 0 Å². The summed E-state index contributed by atoms with van der Waals surface area (Å²) in [6.45, 7) is 7.62. The molecule has 0 aromatic heterocycles. The van der Waals surface area contributed by atoms with Crippen molar-refractivity contribution in [3.8, 4) is 5.75 Å². The Balaban J connectivity index is 1.76. The smallest absolute Gasteiger partial charge is 0.197 e. The number of hydrogen-bond donors (Lipinski definition) is 2. The SMILES string of the molecule is C=CN=C(N)Nc1ccc(OCCN2CCCC2)cc1. The third kappa shape index (κ3) is 4.59. The molecule has 0 spiro atoms. The summed E-state index contributed by atoms with van der Waals surface area (Å²) in [7, 11) is 0. The summed E-state index contributed by atoms with van der Waals surface area (Å²) >= 11 is 0. The number of rotatable bonds is 6. The van der Waals surface area contributed by atoms with Gasteiger partial charge in [-0.25, -0.2) is 4.99 Å². The maximum absolute atomic E-state index is 5.73. The maximum atomic E-state index is 5.73. The summed E-state index contributed by atoms with van der Waals surface area (Å²) in [6, 6.07) is 7.67. The van der Waals surface area contributed by atoms with Crippen molar-refractivity contribution in [3.63, 3.8) is 0 Å². The number of hydrogen-bond acceptors (Lipinski definition) is 3. The van der Waals surface area contributed by atoms with E-state index >= 15 is 0 Å². The molecule has 108 valence electrons. The molecule has 1 heterocycles.